The van der Waals surface area contributed by atoms with E-state index in [9.17, 15) is 19.8 Å². The van der Waals surface area contributed by atoms with E-state index in [1.165, 1.54) is 347 Å². The van der Waals surface area contributed by atoms with E-state index < -0.39 is 12.1 Å². The Balaban J connectivity index is 3.35. The van der Waals surface area contributed by atoms with E-state index in [-0.39, 0.29) is 18.5 Å². The molecule has 0 aromatic heterocycles. The number of unbranched alkanes of at least 4 members (excludes halogenated alkanes) is 57. The van der Waals surface area contributed by atoms with Crippen LogP contribution in [0.5, 0.6) is 0 Å². The highest BCUT2D eigenvalue weighted by atomic mass is 16.5. The first kappa shape index (κ1) is 82.1. The first-order chi connectivity index (χ1) is 41.5. The van der Waals surface area contributed by atoms with Crippen LogP contribution in [-0.4, -0.2) is 47.4 Å². The third-order valence-corrected chi connectivity index (χ3v) is 17.9. The number of nitrogens with one attached hydrogen (secondary N) is 1. The van der Waals surface area contributed by atoms with Crippen LogP contribution in [0.3, 0.4) is 0 Å². The molecule has 0 aliphatic carbocycles. The molecule has 0 aromatic rings. The van der Waals surface area contributed by atoms with Crippen molar-refractivity contribution < 1.29 is 24.5 Å². The molecule has 2 unspecified atom stereocenters. The quantitative estimate of drug-likeness (QED) is 0.0320. The Hall–Kier alpha value is -1.92. The molecular formula is C78H149NO5. The van der Waals surface area contributed by atoms with Crippen molar-refractivity contribution >= 4 is 11.9 Å². The molecule has 0 saturated heterocycles. The van der Waals surface area contributed by atoms with Crippen LogP contribution in [0.4, 0.5) is 0 Å². The standard InChI is InChI=1S/C78H149NO5/c1-3-5-7-9-11-13-15-17-18-19-20-34-37-40-43-47-50-54-58-62-66-70-76(81)75(74-80)79-77(82)71-67-63-59-55-51-48-44-41-38-35-32-30-28-26-24-22-21-23-25-27-29-31-33-36-39-42-45-49-53-57-61-65-69-73-84-78(83)72-68-64-60-56-52-46-16-14-12-10-8-6-4-2/h8,10,14,16,66,70,75-76,80-81H,3-7,9,11-13,15,17-65,67-69,71-74H2,1-2H3,(H,79,82)/b10-8-,16-14-,70-66+. The summed E-state index contributed by atoms with van der Waals surface area (Å²) in [4.78, 5) is 24.6. The molecule has 0 fully saturated rings. The summed E-state index contributed by atoms with van der Waals surface area (Å²) in [5.74, 6) is -0.0524. The van der Waals surface area contributed by atoms with Gasteiger partial charge in [0, 0.05) is 12.8 Å². The number of amides is 1. The molecule has 0 bridgehead atoms. The van der Waals surface area contributed by atoms with Gasteiger partial charge in [-0.25, -0.2) is 0 Å². The van der Waals surface area contributed by atoms with Gasteiger partial charge in [-0.2, -0.15) is 0 Å². The third-order valence-electron chi connectivity index (χ3n) is 17.9. The Morgan fingerprint density at radius 1 is 0.333 bits per heavy atom. The number of rotatable bonds is 72. The van der Waals surface area contributed by atoms with Gasteiger partial charge in [0.25, 0.3) is 0 Å². The van der Waals surface area contributed by atoms with E-state index in [0.717, 1.165) is 51.4 Å². The molecule has 6 heteroatoms. The maximum atomic E-state index is 12.5. The maximum absolute atomic E-state index is 12.5. The summed E-state index contributed by atoms with van der Waals surface area (Å²) in [6.45, 7) is 4.88. The largest absolute Gasteiger partial charge is 0.466 e. The summed E-state index contributed by atoms with van der Waals surface area (Å²) in [6.07, 6.45) is 95.5. The highest BCUT2D eigenvalue weighted by Crippen LogP contribution is 2.20. The summed E-state index contributed by atoms with van der Waals surface area (Å²) in [5, 5.41) is 23.3. The number of carbonyl (C=O) groups is 2. The molecule has 0 aromatic carbocycles. The lowest BCUT2D eigenvalue weighted by molar-refractivity contribution is -0.143. The van der Waals surface area contributed by atoms with Gasteiger partial charge in [-0.3, -0.25) is 9.59 Å². The van der Waals surface area contributed by atoms with Crippen molar-refractivity contribution in [2.75, 3.05) is 13.2 Å². The zero-order valence-corrected chi connectivity index (χ0v) is 56.9. The lowest BCUT2D eigenvalue weighted by atomic mass is 10.0. The predicted molar refractivity (Wildman–Crippen MR) is 370 cm³/mol. The molecule has 0 aliphatic heterocycles. The van der Waals surface area contributed by atoms with E-state index in [2.05, 4.69) is 43.5 Å². The molecule has 0 aliphatic rings. The first-order valence-electron chi connectivity index (χ1n) is 38.3. The molecule has 0 saturated carbocycles. The van der Waals surface area contributed by atoms with Crippen LogP contribution in [0.25, 0.3) is 0 Å². The molecule has 2 atom stereocenters. The van der Waals surface area contributed by atoms with Crippen molar-refractivity contribution in [3.63, 3.8) is 0 Å². The summed E-state index contributed by atoms with van der Waals surface area (Å²) in [7, 11) is 0. The normalized spacial score (nSPS) is 12.7. The van der Waals surface area contributed by atoms with Gasteiger partial charge in [0.2, 0.25) is 5.91 Å². The fraction of sp³-hybridized carbons (Fsp3) is 0.897. The van der Waals surface area contributed by atoms with Crippen LogP contribution in [0.2, 0.25) is 0 Å². The molecule has 496 valence electrons. The summed E-state index contributed by atoms with van der Waals surface area (Å²) >= 11 is 0. The number of carbonyl (C=O) groups excluding carboxylic acids is 2. The van der Waals surface area contributed by atoms with Gasteiger partial charge in [-0.1, -0.05) is 391 Å². The fourth-order valence-electron chi connectivity index (χ4n) is 12.1. The van der Waals surface area contributed by atoms with Crippen LogP contribution in [0.1, 0.15) is 425 Å². The van der Waals surface area contributed by atoms with Crippen molar-refractivity contribution in [3.05, 3.63) is 36.5 Å². The van der Waals surface area contributed by atoms with Gasteiger partial charge in [0.15, 0.2) is 0 Å². The number of hydrogen-bond acceptors (Lipinski definition) is 5. The van der Waals surface area contributed by atoms with Crippen molar-refractivity contribution in [2.45, 2.75) is 437 Å². The molecule has 0 spiro atoms. The fourth-order valence-corrected chi connectivity index (χ4v) is 12.1. The minimum absolute atomic E-state index is 0.00651. The van der Waals surface area contributed by atoms with Crippen LogP contribution < -0.4 is 5.32 Å². The van der Waals surface area contributed by atoms with Gasteiger partial charge in [-0.15, -0.1) is 0 Å². The molecule has 0 heterocycles. The predicted octanol–water partition coefficient (Wildman–Crippen LogP) is 25.0. The average Bonchev–Trinajstić information content (AvgIpc) is 3.51. The number of aliphatic hydroxyl groups excluding tert-OH is 2. The third kappa shape index (κ3) is 69.2. The Morgan fingerprint density at radius 2 is 0.619 bits per heavy atom. The second-order valence-electron chi connectivity index (χ2n) is 26.3. The second kappa shape index (κ2) is 73.5. The van der Waals surface area contributed by atoms with Crippen molar-refractivity contribution in [3.8, 4) is 0 Å². The average molecular weight is 1180 g/mol. The number of aliphatic hydroxyl groups is 2. The van der Waals surface area contributed by atoms with Gasteiger partial charge in [-0.05, 0) is 57.8 Å². The molecular weight excluding hydrogens is 1030 g/mol. The monoisotopic (exact) mass is 1180 g/mol. The van der Waals surface area contributed by atoms with E-state index in [1.54, 1.807) is 6.08 Å². The Morgan fingerprint density at radius 3 is 0.952 bits per heavy atom. The topological polar surface area (TPSA) is 95.9 Å². The van der Waals surface area contributed by atoms with Crippen molar-refractivity contribution in [1.29, 1.82) is 0 Å². The lowest BCUT2D eigenvalue weighted by Gasteiger charge is -2.20. The van der Waals surface area contributed by atoms with Gasteiger partial charge < -0.3 is 20.3 Å². The number of hydrogen-bond donors (Lipinski definition) is 3. The molecule has 0 rings (SSSR count). The maximum Gasteiger partial charge on any atom is 0.305 e. The number of esters is 1. The summed E-state index contributed by atoms with van der Waals surface area (Å²) in [5.41, 5.74) is 0. The van der Waals surface area contributed by atoms with Crippen LogP contribution >= 0.6 is 0 Å². The van der Waals surface area contributed by atoms with Crippen LogP contribution in [0, 0.1) is 0 Å². The molecule has 84 heavy (non-hydrogen) atoms. The van der Waals surface area contributed by atoms with Gasteiger partial charge >= 0.3 is 5.97 Å². The summed E-state index contributed by atoms with van der Waals surface area (Å²) < 4.78 is 5.48. The minimum atomic E-state index is -0.842. The molecule has 6 nitrogen and oxygen atoms in total. The van der Waals surface area contributed by atoms with E-state index in [1.807, 2.05) is 6.08 Å². The van der Waals surface area contributed by atoms with Crippen LogP contribution in [0.15, 0.2) is 36.5 Å². The molecule has 0 radical (unpaired) electrons. The number of ether oxygens (including phenoxy) is 1. The zero-order valence-electron chi connectivity index (χ0n) is 56.9. The lowest BCUT2D eigenvalue weighted by Crippen LogP contribution is -2.45. The SMILES string of the molecule is CCC/C=C\C/C=C\CCCCCCCC(=O)OCCCCCCCCCCCCCCCCCCCCCCCCCCCCCCCCCCCC(=O)NC(CO)C(O)/C=C/CCCCCCCCCCCCCCCCCCCCC. The molecule has 3 N–H and O–H groups in total. The first-order valence-corrected chi connectivity index (χ1v) is 38.3. The van der Waals surface area contributed by atoms with Crippen molar-refractivity contribution in [1.82, 2.24) is 5.32 Å². The van der Waals surface area contributed by atoms with E-state index >= 15 is 0 Å². The minimum Gasteiger partial charge on any atom is -0.466 e. The van der Waals surface area contributed by atoms with Gasteiger partial charge in [0.05, 0.1) is 25.4 Å². The van der Waals surface area contributed by atoms with E-state index in [0.29, 0.717) is 19.4 Å². The van der Waals surface area contributed by atoms with Gasteiger partial charge in [0.1, 0.15) is 0 Å². The van der Waals surface area contributed by atoms with Crippen LogP contribution in [-0.2, 0) is 14.3 Å². The Labute approximate surface area is 525 Å². The van der Waals surface area contributed by atoms with E-state index in [4.69, 9.17) is 4.74 Å². The second-order valence-corrected chi connectivity index (χ2v) is 26.3. The highest BCUT2D eigenvalue weighted by molar-refractivity contribution is 5.76. The smallest absolute Gasteiger partial charge is 0.305 e. The highest BCUT2D eigenvalue weighted by Gasteiger charge is 2.18. The number of allylic oxidation sites excluding steroid dienone is 5. The Kier molecular flexibility index (Phi) is 71.9. The summed E-state index contributed by atoms with van der Waals surface area (Å²) in [6, 6.07) is -0.625. The molecule has 1 amide bonds. The zero-order chi connectivity index (χ0) is 60.6. The Bertz CT molecular complexity index is 1360. The van der Waals surface area contributed by atoms with Crippen molar-refractivity contribution in [2.24, 2.45) is 0 Å².